The lowest BCUT2D eigenvalue weighted by atomic mass is 10.1. The first-order chi connectivity index (χ1) is 13.4. The van der Waals surface area contributed by atoms with Gasteiger partial charge in [0.1, 0.15) is 11.1 Å². The molecule has 1 saturated heterocycles. The summed E-state index contributed by atoms with van der Waals surface area (Å²) in [6, 6.07) is 9.85. The molecule has 7 heteroatoms. The number of benzene rings is 1. The number of carbonyl (C=O) groups is 2. The zero-order valence-electron chi connectivity index (χ0n) is 16.4. The normalized spacial score (nSPS) is 14.6. The highest BCUT2D eigenvalue weighted by atomic mass is 32.1. The molecule has 0 bridgehead atoms. The Labute approximate surface area is 169 Å². The van der Waals surface area contributed by atoms with Crippen molar-refractivity contribution in [2.45, 2.75) is 20.8 Å². The molecule has 1 aliphatic rings. The second-order valence-electron chi connectivity index (χ2n) is 7.01. The molecule has 0 saturated carbocycles. The Balaban J connectivity index is 1.53. The van der Waals surface area contributed by atoms with Crippen molar-refractivity contribution in [3.05, 3.63) is 45.8 Å². The van der Waals surface area contributed by atoms with Gasteiger partial charge in [0.05, 0.1) is 12.1 Å². The Morgan fingerprint density at radius 2 is 1.79 bits per heavy atom. The minimum atomic E-state index is -0.0861. The number of rotatable bonds is 5. The molecule has 0 unspecified atom stereocenters. The van der Waals surface area contributed by atoms with Gasteiger partial charge in [-0.15, -0.1) is 11.3 Å². The fourth-order valence-corrected chi connectivity index (χ4v) is 4.32. The van der Waals surface area contributed by atoms with Gasteiger partial charge in [-0.05, 0) is 50.6 Å². The van der Waals surface area contributed by atoms with Crippen LogP contribution in [0, 0.1) is 25.2 Å². The summed E-state index contributed by atoms with van der Waals surface area (Å²) in [5, 5.41) is 12.8. The van der Waals surface area contributed by atoms with Crippen LogP contribution in [-0.4, -0.2) is 49.3 Å². The topological polar surface area (TPSA) is 76.4 Å². The molecular formula is C21H24N4O2S. The van der Waals surface area contributed by atoms with Crippen LogP contribution >= 0.6 is 11.3 Å². The molecule has 0 aliphatic carbocycles. The van der Waals surface area contributed by atoms with Crippen molar-refractivity contribution in [1.29, 1.82) is 5.26 Å². The van der Waals surface area contributed by atoms with Crippen LogP contribution in [0.25, 0.3) is 0 Å². The number of thiophene rings is 1. The van der Waals surface area contributed by atoms with E-state index in [2.05, 4.69) is 21.2 Å². The van der Waals surface area contributed by atoms with Crippen LogP contribution in [0.4, 0.5) is 10.7 Å². The van der Waals surface area contributed by atoms with E-state index in [1.54, 1.807) is 6.92 Å². The SMILES string of the molecule is CC(=O)c1ccc(N2CCN(CC(=O)Nc3sc(C)c(C)c3C#N)CC2)cc1. The first-order valence-corrected chi connectivity index (χ1v) is 10.1. The molecule has 1 amide bonds. The van der Waals surface area contributed by atoms with Gasteiger partial charge in [-0.1, -0.05) is 0 Å². The van der Waals surface area contributed by atoms with Crippen molar-refractivity contribution in [3.63, 3.8) is 0 Å². The summed E-state index contributed by atoms with van der Waals surface area (Å²) in [6.45, 7) is 8.97. The summed E-state index contributed by atoms with van der Waals surface area (Å²) in [5.41, 5.74) is 3.31. The molecular weight excluding hydrogens is 372 g/mol. The second kappa shape index (κ2) is 8.55. The maximum atomic E-state index is 12.4. The average Bonchev–Trinajstić information content (AvgIpc) is 2.95. The summed E-state index contributed by atoms with van der Waals surface area (Å²) >= 11 is 1.45. The summed E-state index contributed by atoms with van der Waals surface area (Å²) in [5.74, 6) is -0.0184. The summed E-state index contributed by atoms with van der Waals surface area (Å²) in [4.78, 5) is 29.3. The number of hydrogen-bond acceptors (Lipinski definition) is 6. The summed E-state index contributed by atoms with van der Waals surface area (Å²) in [7, 11) is 0. The van der Waals surface area contributed by atoms with Crippen molar-refractivity contribution in [2.24, 2.45) is 0 Å². The number of nitrogens with one attached hydrogen (secondary N) is 1. The maximum Gasteiger partial charge on any atom is 0.239 e. The van der Waals surface area contributed by atoms with E-state index >= 15 is 0 Å². The van der Waals surface area contributed by atoms with E-state index in [-0.39, 0.29) is 11.7 Å². The van der Waals surface area contributed by atoms with Crippen molar-refractivity contribution in [1.82, 2.24) is 4.90 Å². The Bertz CT molecular complexity index is 919. The molecule has 0 radical (unpaired) electrons. The molecule has 1 aliphatic heterocycles. The zero-order chi connectivity index (χ0) is 20.3. The molecule has 0 atom stereocenters. The lowest BCUT2D eigenvalue weighted by Crippen LogP contribution is -2.48. The van der Waals surface area contributed by atoms with Gasteiger partial charge in [-0.2, -0.15) is 5.26 Å². The molecule has 3 rings (SSSR count). The van der Waals surface area contributed by atoms with Crippen molar-refractivity contribution in [2.75, 3.05) is 42.9 Å². The molecule has 146 valence electrons. The van der Waals surface area contributed by atoms with Crippen LogP contribution in [0.1, 0.15) is 33.3 Å². The Hall–Kier alpha value is -2.69. The van der Waals surface area contributed by atoms with Crippen molar-refractivity contribution < 1.29 is 9.59 Å². The van der Waals surface area contributed by atoms with Crippen LogP contribution in [0.2, 0.25) is 0 Å². The summed E-state index contributed by atoms with van der Waals surface area (Å²) in [6.07, 6.45) is 0. The van der Waals surface area contributed by atoms with E-state index in [9.17, 15) is 14.9 Å². The van der Waals surface area contributed by atoms with Gasteiger partial charge in [-0.3, -0.25) is 14.5 Å². The van der Waals surface area contributed by atoms with E-state index in [0.717, 1.165) is 47.9 Å². The number of ketones is 1. The number of carbonyl (C=O) groups excluding carboxylic acids is 2. The van der Waals surface area contributed by atoms with Gasteiger partial charge in [-0.25, -0.2) is 0 Å². The Morgan fingerprint density at radius 3 is 2.36 bits per heavy atom. The second-order valence-corrected chi connectivity index (χ2v) is 8.24. The largest absolute Gasteiger partial charge is 0.369 e. The van der Waals surface area contributed by atoms with Crippen molar-refractivity contribution in [3.8, 4) is 6.07 Å². The highest BCUT2D eigenvalue weighted by molar-refractivity contribution is 7.16. The summed E-state index contributed by atoms with van der Waals surface area (Å²) < 4.78 is 0. The molecule has 1 N–H and O–H groups in total. The third kappa shape index (κ3) is 4.41. The van der Waals surface area contributed by atoms with E-state index in [1.807, 2.05) is 38.1 Å². The van der Waals surface area contributed by atoms with Crippen LogP contribution < -0.4 is 10.2 Å². The molecule has 2 aromatic rings. The first-order valence-electron chi connectivity index (χ1n) is 9.27. The van der Waals surface area contributed by atoms with Gasteiger partial charge in [0, 0.05) is 42.3 Å². The molecule has 0 spiro atoms. The van der Waals surface area contributed by atoms with Crippen LogP contribution in [0.15, 0.2) is 24.3 Å². The fraction of sp³-hybridized carbons (Fsp3) is 0.381. The molecule has 1 aromatic heterocycles. The smallest absolute Gasteiger partial charge is 0.239 e. The first kappa shape index (κ1) is 20.1. The monoisotopic (exact) mass is 396 g/mol. The number of aryl methyl sites for hydroxylation is 1. The van der Waals surface area contributed by atoms with Gasteiger partial charge in [0.15, 0.2) is 5.78 Å². The Morgan fingerprint density at radius 1 is 1.14 bits per heavy atom. The zero-order valence-corrected chi connectivity index (χ0v) is 17.2. The number of nitrogens with zero attached hydrogens (tertiary/aromatic N) is 3. The molecule has 1 aromatic carbocycles. The maximum absolute atomic E-state index is 12.4. The van der Waals surface area contributed by atoms with Crippen LogP contribution in [0.5, 0.6) is 0 Å². The molecule has 2 heterocycles. The standard InChI is InChI=1S/C21H24N4O2S/c1-14-16(3)28-21(19(14)12-22)23-20(27)13-24-8-10-25(11-9-24)18-6-4-17(5-7-18)15(2)26/h4-7H,8-11,13H2,1-3H3,(H,23,27). The predicted octanol–water partition coefficient (Wildman–Crippen LogP) is 3.20. The third-order valence-electron chi connectivity index (χ3n) is 5.13. The van der Waals surface area contributed by atoms with E-state index < -0.39 is 0 Å². The van der Waals surface area contributed by atoms with Crippen LogP contribution in [0.3, 0.4) is 0 Å². The van der Waals surface area contributed by atoms with Gasteiger partial charge in [0.25, 0.3) is 0 Å². The van der Waals surface area contributed by atoms with E-state index in [4.69, 9.17) is 0 Å². The van der Waals surface area contributed by atoms with Gasteiger partial charge in [0.2, 0.25) is 5.91 Å². The molecule has 6 nitrogen and oxygen atoms in total. The minimum absolute atomic E-state index is 0.0677. The van der Waals surface area contributed by atoms with Crippen molar-refractivity contribution >= 4 is 33.7 Å². The number of hydrogen-bond donors (Lipinski definition) is 1. The lowest BCUT2D eigenvalue weighted by molar-refractivity contribution is -0.117. The molecule has 28 heavy (non-hydrogen) atoms. The number of Topliss-reactive ketones (excluding diaryl/α,β-unsaturated/α-hetero) is 1. The number of piperazine rings is 1. The highest BCUT2D eigenvalue weighted by Gasteiger charge is 2.21. The van der Waals surface area contributed by atoms with E-state index in [0.29, 0.717) is 17.1 Å². The Kier molecular flexibility index (Phi) is 6.12. The quantitative estimate of drug-likeness (QED) is 0.786. The van der Waals surface area contributed by atoms with Gasteiger partial charge >= 0.3 is 0 Å². The lowest BCUT2D eigenvalue weighted by Gasteiger charge is -2.35. The number of amides is 1. The van der Waals surface area contributed by atoms with Crippen LogP contribution in [-0.2, 0) is 4.79 Å². The molecule has 1 fully saturated rings. The highest BCUT2D eigenvalue weighted by Crippen LogP contribution is 2.31. The minimum Gasteiger partial charge on any atom is -0.369 e. The average molecular weight is 397 g/mol. The van der Waals surface area contributed by atoms with E-state index in [1.165, 1.54) is 11.3 Å². The fourth-order valence-electron chi connectivity index (χ4n) is 3.29. The number of anilines is 2. The predicted molar refractivity (Wildman–Crippen MR) is 112 cm³/mol. The third-order valence-corrected chi connectivity index (χ3v) is 6.25. The number of nitriles is 1. The van der Waals surface area contributed by atoms with Gasteiger partial charge < -0.3 is 10.2 Å².